The molecule has 33 heavy (non-hydrogen) atoms. The molecule has 2 saturated heterocycles. The molecular formula is C24H31ClN6O2. The number of nitrogens with zero attached hydrogens (tertiary/aromatic N) is 6. The van der Waals surface area contributed by atoms with Gasteiger partial charge in [0.25, 0.3) is 0 Å². The van der Waals surface area contributed by atoms with Gasteiger partial charge in [-0.25, -0.2) is 4.79 Å². The second kappa shape index (κ2) is 6.85. The van der Waals surface area contributed by atoms with Crippen LogP contribution < -0.4 is 4.90 Å². The lowest BCUT2D eigenvalue weighted by Crippen LogP contribution is -2.73. The first-order valence-corrected chi connectivity index (χ1v) is 12.1. The molecule has 0 atom stereocenters. The number of amides is 1. The summed E-state index contributed by atoms with van der Waals surface area (Å²) in [4.78, 5) is 18.9. The van der Waals surface area contributed by atoms with Crippen molar-refractivity contribution in [2.45, 2.75) is 64.8 Å². The molecular weight excluding hydrogens is 440 g/mol. The van der Waals surface area contributed by atoms with E-state index in [0.29, 0.717) is 0 Å². The molecule has 9 heteroatoms. The maximum Gasteiger partial charge on any atom is 0.410 e. The van der Waals surface area contributed by atoms with Gasteiger partial charge < -0.3 is 14.5 Å². The molecule has 1 spiro atoms. The number of likely N-dealkylation sites (tertiary alicyclic amines) is 1. The maximum absolute atomic E-state index is 12.3. The Hall–Kier alpha value is -2.32. The second-order valence-electron chi connectivity index (χ2n) is 11.6. The lowest BCUT2D eigenvalue weighted by Gasteiger charge is -2.59. The number of carbonyl (C=O) groups is 1. The number of aromatic nitrogens is 3. The van der Waals surface area contributed by atoms with Crippen molar-refractivity contribution in [3.63, 3.8) is 0 Å². The summed E-state index contributed by atoms with van der Waals surface area (Å²) in [6, 6.07) is 6.12. The number of benzene rings is 1. The van der Waals surface area contributed by atoms with Crippen LogP contribution in [0.5, 0.6) is 0 Å². The van der Waals surface area contributed by atoms with Crippen molar-refractivity contribution in [1.82, 2.24) is 24.6 Å². The summed E-state index contributed by atoms with van der Waals surface area (Å²) in [6.45, 7) is 12.9. The fraction of sp³-hybridized carbons (Fsp3) is 0.625. The Balaban J connectivity index is 1.22. The van der Waals surface area contributed by atoms with E-state index in [1.54, 1.807) is 4.90 Å². The quantitative estimate of drug-likeness (QED) is 0.664. The first-order chi connectivity index (χ1) is 15.5. The first-order valence-electron chi connectivity index (χ1n) is 11.8. The van der Waals surface area contributed by atoms with Gasteiger partial charge in [-0.3, -0.25) is 9.47 Å². The van der Waals surface area contributed by atoms with Gasteiger partial charge in [-0.2, -0.15) is 0 Å². The summed E-state index contributed by atoms with van der Waals surface area (Å²) < 4.78 is 7.73. The third kappa shape index (κ3) is 3.58. The molecule has 4 aliphatic rings. The molecule has 0 radical (unpaired) electrons. The first kappa shape index (κ1) is 21.2. The van der Waals surface area contributed by atoms with E-state index < -0.39 is 5.60 Å². The zero-order chi connectivity index (χ0) is 23.2. The van der Waals surface area contributed by atoms with E-state index in [-0.39, 0.29) is 17.0 Å². The van der Waals surface area contributed by atoms with Gasteiger partial charge in [0.2, 0.25) is 5.95 Å². The smallest absolute Gasteiger partial charge is 0.410 e. The van der Waals surface area contributed by atoms with Gasteiger partial charge in [0.1, 0.15) is 5.60 Å². The van der Waals surface area contributed by atoms with Crippen molar-refractivity contribution in [3.05, 3.63) is 34.6 Å². The average Bonchev–Trinajstić information content (AvgIpc) is 3.32. The number of anilines is 1. The van der Waals surface area contributed by atoms with Crippen LogP contribution in [0.3, 0.4) is 0 Å². The van der Waals surface area contributed by atoms with Crippen LogP contribution in [0, 0.1) is 5.41 Å². The topological polar surface area (TPSA) is 66.7 Å². The Morgan fingerprint density at radius 1 is 1.09 bits per heavy atom. The molecule has 1 aliphatic carbocycles. The maximum atomic E-state index is 12.3. The zero-order valence-corrected chi connectivity index (χ0v) is 20.5. The van der Waals surface area contributed by atoms with Crippen LogP contribution in [-0.4, -0.2) is 68.0 Å². The standard InChI is InChI=1S/C24H31ClN6O2/c1-22(2,3)33-21(32)29-14-24(15-29)12-28(13-24)20-27-26-19-11-30(23(4)7-8-23)10-16-9-17(25)5-6-18(16)31(19)20/h5-6,9H,7-8,10-15H2,1-4H3. The zero-order valence-electron chi connectivity index (χ0n) is 19.8. The van der Waals surface area contributed by atoms with E-state index in [1.807, 2.05) is 26.8 Å². The SMILES string of the molecule is CC(C)(C)OC(=O)N1CC2(C1)CN(c1nnc3n1-c1ccc(Cl)cc1CN(C1(C)CC1)C3)C2. The predicted octanol–water partition coefficient (Wildman–Crippen LogP) is 3.85. The van der Waals surface area contributed by atoms with Crippen molar-refractivity contribution >= 4 is 23.6 Å². The highest BCUT2D eigenvalue weighted by Crippen LogP contribution is 2.46. The number of hydrogen-bond donors (Lipinski definition) is 0. The highest BCUT2D eigenvalue weighted by molar-refractivity contribution is 6.30. The molecule has 1 aromatic carbocycles. The number of halogens is 1. The van der Waals surface area contributed by atoms with Gasteiger partial charge in [-0.1, -0.05) is 11.6 Å². The Kier molecular flexibility index (Phi) is 4.41. The van der Waals surface area contributed by atoms with Crippen LogP contribution in [0.25, 0.3) is 5.69 Å². The fourth-order valence-electron chi connectivity index (χ4n) is 5.39. The summed E-state index contributed by atoms with van der Waals surface area (Å²) in [6.07, 6.45) is 2.21. The highest BCUT2D eigenvalue weighted by atomic mass is 35.5. The molecule has 6 rings (SSSR count). The molecule has 3 fully saturated rings. The lowest BCUT2D eigenvalue weighted by atomic mass is 9.73. The molecule has 4 heterocycles. The molecule has 2 aromatic rings. The molecule has 0 N–H and O–H groups in total. The second-order valence-corrected chi connectivity index (χ2v) is 12.0. The minimum atomic E-state index is -0.466. The van der Waals surface area contributed by atoms with E-state index in [1.165, 1.54) is 18.4 Å². The molecule has 8 nitrogen and oxygen atoms in total. The fourth-order valence-corrected chi connectivity index (χ4v) is 5.59. The van der Waals surface area contributed by atoms with Crippen LogP contribution in [-0.2, 0) is 17.8 Å². The predicted molar refractivity (Wildman–Crippen MR) is 126 cm³/mol. The molecule has 176 valence electrons. The summed E-state index contributed by atoms with van der Waals surface area (Å²) in [7, 11) is 0. The Bertz CT molecular complexity index is 1120. The highest BCUT2D eigenvalue weighted by Gasteiger charge is 2.55. The van der Waals surface area contributed by atoms with E-state index in [0.717, 1.165) is 61.8 Å². The Labute approximate surface area is 199 Å². The summed E-state index contributed by atoms with van der Waals surface area (Å²) in [5.41, 5.74) is 2.23. The minimum Gasteiger partial charge on any atom is -0.444 e. The van der Waals surface area contributed by atoms with Crippen molar-refractivity contribution in [1.29, 1.82) is 0 Å². The molecule has 0 unspecified atom stereocenters. The van der Waals surface area contributed by atoms with Crippen molar-refractivity contribution in [3.8, 4) is 5.69 Å². The third-order valence-corrected chi connectivity index (χ3v) is 7.70. The monoisotopic (exact) mass is 470 g/mol. The van der Waals surface area contributed by atoms with Gasteiger partial charge in [-0.15, -0.1) is 10.2 Å². The third-order valence-electron chi connectivity index (χ3n) is 7.47. The van der Waals surface area contributed by atoms with Crippen LogP contribution in [0.15, 0.2) is 18.2 Å². The molecule has 1 amide bonds. The van der Waals surface area contributed by atoms with Crippen molar-refractivity contribution < 1.29 is 9.53 Å². The van der Waals surface area contributed by atoms with Crippen LogP contribution in [0.4, 0.5) is 10.7 Å². The van der Waals surface area contributed by atoms with E-state index in [9.17, 15) is 4.79 Å². The lowest BCUT2D eigenvalue weighted by molar-refractivity contribution is -0.0457. The molecule has 1 aromatic heterocycles. The summed E-state index contributed by atoms with van der Waals surface area (Å²) in [5.74, 6) is 1.86. The minimum absolute atomic E-state index is 0.129. The Morgan fingerprint density at radius 3 is 2.48 bits per heavy atom. The van der Waals surface area contributed by atoms with Gasteiger partial charge in [0.05, 0.1) is 12.2 Å². The van der Waals surface area contributed by atoms with Gasteiger partial charge in [-0.05, 0) is 64.3 Å². The van der Waals surface area contributed by atoms with Crippen LogP contribution in [0.1, 0.15) is 51.9 Å². The van der Waals surface area contributed by atoms with Crippen molar-refractivity contribution in [2.24, 2.45) is 5.41 Å². The van der Waals surface area contributed by atoms with E-state index in [4.69, 9.17) is 16.3 Å². The largest absolute Gasteiger partial charge is 0.444 e. The number of hydrogen-bond acceptors (Lipinski definition) is 6. The van der Waals surface area contributed by atoms with Crippen LogP contribution in [0.2, 0.25) is 5.02 Å². The van der Waals surface area contributed by atoms with Crippen LogP contribution >= 0.6 is 11.6 Å². The Morgan fingerprint density at radius 2 is 1.82 bits per heavy atom. The molecule has 3 aliphatic heterocycles. The summed E-state index contributed by atoms with van der Waals surface area (Å²) >= 11 is 6.38. The number of ether oxygens (including phenoxy) is 1. The van der Waals surface area contributed by atoms with E-state index >= 15 is 0 Å². The summed E-state index contributed by atoms with van der Waals surface area (Å²) in [5, 5.41) is 10.00. The average molecular weight is 471 g/mol. The van der Waals surface area contributed by atoms with E-state index in [2.05, 4.69) is 43.6 Å². The number of rotatable bonds is 2. The number of fused-ring (bicyclic) bond motifs is 3. The van der Waals surface area contributed by atoms with Gasteiger partial charge in [0.15, 0.2) is 5.82 Å². The molecule has 1 saturated carbocycles. The normalized spacial score (nSPS) is 22.7. The molecule has 0 bridgehead atoms. The number of carbonyl (C=O) groups excluding carboxylic acids is 1. The van der Waals surface area contributed by atoms with Gasteiger partial charge >= 0.3 is 6.09 Å². The van der Waals surface area contributed by atoms with Crippen molar-refractivity contribution in [2.75, 3.05) is 31.1 Å². The van der Waals surface area contributed by atoms with Gasteiger partial charge in [0, 0.05) is 48.7 Å².